The lowest BCUT2D eigenvalue weighted by Crippen LogP contribution is -2.34. The first-order chi connectivity index (χ1) is 8.80. The average Bonchev–Trinajstić information content (AvgIpc) is 2.26. The van der Waals surface area contributed by atoms with Gasteiger partial charge in [0.15, 0.2) is 11.7 Å². The number of halogens is 9. The van der Waals surface area contributed by atoms with E-state index in [4.69, 9.17) is 40.5 Å². The minimum atomic E-state index is -5.74. The lowest BCUT2D eigenvalue weighted by Gasteiger charge is -2.26. The average molecular weight is 362 g/mol. The zero-order valence-corrected chi connectivity index (χ0v) is 11.3. The third-order valence-electron chi connectivity index (χ3n) is 2.31. The second-order valence-corrected chi connectivity index (χ2v) is 4.77. The van der Waals surface area contributed by atoms with E-state index in [-0.39, 0.29) is 0 Å². The molecule has 11 heteroatoms. The summed E-state index contributed by atoms with van der Waals surface area (Å²) < 4.78 is 75.8. The summed E-state index contributed by atoms with van der Waals surface area (Å²) in [6, 6.07) is 0. The number of aromatic hydroxyl groups is 1. The van der Waals surface area contributed by atoms with Crippen molar-refractivity contribution in [1.29, 1.82) is 0 Å². The molecule has 0 radical (unpaired) electrons. The number of phenols is 1. The first kappa shape index (κ1) is 17.3. The van der Waals surface area contributed by atoms with Crippen LogP contribution in [-0.2, 0) is 0 Å². The van der Waals surface area contributed by atoms with Crippen molar-refractivity contribution in [3.05, 3.63) is 20.6 Å². The number of nitrogen functional groups attached to an aromatic ring is 1. The van der Waals surface area contributed by atoms with Crippen LogP contribution in [0.25, 0.3) is 0 Å². The molecule has 1 rings (SSSR count). The predicted molar refractivity (Wildman–Crippen MR) is 62.4 cm³/mol. The molecule has 3 N–H and O–H groups in total. The van der Waals surface area contributed by atoms with E-state index in [2.05, 4.69) is 0 Å². The Hall–Kier alpha value is -0.730. The second kappa shape index (κ2) is 5.23. The highest BCUT2D eigenvalue weighted by Crippen LogP contribution is 2.55. The molecule has 0 amide bonds. The lowest BCUT2D eigenvalue weighted by molar-refractivity contribution is -0.253. The van der Waals surface area contributed by atoms with Gasteiger partial charge in [-0.1, -0.05) is 34.8 Å². The fraction of sp³-hybridized carbons (Fsp3) is 0.333. The molecule has 0 atom stereocenters. The second-order valence-electron chi connectivity index (χ2n) is 3.63. The van der Waals surface area contributed by atoms with Gasteiger partial charge in [-0.05, 0) is 0 Å². The summed E-state index contributed by atoms with van der Waals surface area (Å²) in [5, 5.41) is 6.12. The maximum absolute atomic E-state index is 12.6. The summed E-state index contributed by atoms with van der Waals surface area (Å²) in [6.45, 7) is 0. The molecule has 0 aliphatic carbocycles. The van der Waals surface area contributed by atoms with Crippen molar-refractivity contribution in [3.8, 4) is 5.75 Å². The smallest absolute Gasteiger partial charge is 0.404 e. The number of phenolic OH excluding ortho intramolecular Hbond substituents is 1. The third kappa shape index (κ3) is 2.96. The fourth-order valence-corrected chi connectivity index (χ4v) is 2.30. The van der Waals surface area contributed by atoms with Crippen LogP contribution in [0.2, 0.25) is 15.1 Å². The minimum absolute atomic E-state index is 0.714. The van der Waals surface area contributed by atoms with Crippen LogP contribution in [0.3, 0.4) is 0 Å². The molecule has 0 saturated heterocycles. The van der Waals surface area contributed by atoms with Gasteiger partial charge in [0, 0.05) is 5.56 Å². The van der Waals surface area contributed by atoms with Crippen LogP contribution in [0.15, 0.2) is 0 Å². The Labute approximate surface area is 123 Å². The first-order valence-corrected chi connectivity index (χ1v) is 5.71. The molecule has 0 heterocycles. The van der Waals surface area contributed by atoms with Gasteiger partial charge in [0.1, 0.15) is 0 Å². The van der Waals surface area contributed by atoms with E-state index in [0.717, 1.165) is 0 Å². The van der Waals surface area contributed by atoms with Crippen LogP contribution in [0, 0.1) is 0 Å². The fourth-order valence-electron chi connectivity index (χ4n) is 1.45. The largest absolute Gasteiger partial charge is 0.504 e. The van der Waals surface area contributed by atoms with Gasteiger partial charge in [0.05, 0.1) is 20.8 Å². The Morgan fingerprint density at radius 3 is 1.60 bits per heavy atom. The maximum atomic E-state index is 12.6. The molecule has 0 unspecified atom stereocenters. The van der Waals surface area contributed by atoms with E-state index < -0.39 is 50.3 Å². The molecule has 0 bridgehead atoms. The normalized spacial score (nSPS) is 13.1. The SMILES string of the molecule is Nc1c(O)c(Cl)c(C(C(F)(F)F)C(F)(F)F)c(Cl)c1Cl. The highest BCUT2D eigenvalue weighted by molar-refractivity contribution is 6.46. The zero-order chi connectivity index (χ0) is 16.0. The van der Waals surface area contributed by atoms with Gasteiger partial charge >= 0.3 is 12.4 Å². The topological polar surface area (TPSA) is 46.2 Å². The minimum Gasteiger partial charge on any atom is -0.504 e. The molecule has 0 spiro atoms. The van der Waals surface area contributed by atoms with Crippen LogP contribution in [0.5, 0.6) is 5.75 Å². The Morgan fingerprint density at radius 2 is 1.25 bits per heavy atom. The van der Waals surface area contributed by atoms with Crippen molar-refractivity contribution < 1.29 is 31.4 Å². The summed E-state index contributed by atoms with van der Waals surface area (Å²) in [7, 11) is 0. The number of alkyl halides is 6. The van der Waals surface area contributed by atoms with E-state index in [9.17, 15) is 31.4 Å². The van der Waals surface area contributed by atoms with Gasteiger partial charge in [0.2, 0.25) is 0 Å². The van der Waals surface area contributed by atoms with E-state index in [1.165, 1.54) is 0 Å². The summed E-state index contributed by atoms with van der Waals surface area (Å²) in [5.74, 6) is -5.20. The van der Waals surface area contributed by atoms with Crippen LogP contribution < -0.4 is 5.73 Å². The number of benzene rings is 1. The van der Waals surface area contributed by atoms with Gasteiger partial charge in [-0.2, -0.15) is 26.3 Å². The number of nitrogens with two attached hydrogens (primary N) is 1. The molecule has 0 fully saturated rings. The van der Waals surface area contributed by atoms with Crippen molar-refractivity contribution in [2.24, 2.45) is 0 Å². The summed E-state index contributed by atoms with van der Waals surface area (Å²) in [6.07, 6.45) is -11.5. The molecular weight excluding hydrogens is 358 g/mol. The van der Waals surface area contributed by atoms with Gasteiger partial charge in [-0.25, -0.2) is 0 Å². The number of anilines is 1. The van der Waals surface area contributed by atoms with Crippen LogP contribution in [0.4, 0.5) is 32.0 Å². The van der Waals surface area contributed by atoms with E-state index in [0.29, 0.717) is 0 Å². The van der Waals surface area contributed by atoms with Crippen LogP contribution in [-0.4, -0.2) is 17.5 Å². The van der Waals surface area contributed by atoms with Crippen molar-refractivity contribution in [3.63, 3.8) is 0 Å². The van der Waals surface area contributed by atoms with Crippen LogP contribution >= 0.6 is 34.8 Å². The molecule has 114 valence electrons. The standard InChI is InChI=1S/C9H4Cl3F6NO/c10-2-1(3(11)6(20)5(19)4(2)12)7(8(13,14)15)9(16,17)18/h7,20H,19H2. The zero-order valence-electron chi connectivity index (χ0n) is 9.00. The Balaban J connectivity index is 3.76. The highest BCUT2D eigenvalue weighted by atomic mass is 35.5. The molecule has 2 nitrogen and oxygen atoms in total. The van der Waals surface area contributed by atoms with Crippen molar-refractivity contribution in [2.45, 2.75) is 18.3 Å². The predicted octanol–water partition coefficient (Wildman–Crippen LogP) is 5.14. The molecule has 1 aromatic rings. The van der Waals surface area contributed by atoms with Crippen molar-refractivity contribution in [2.75, 3.05) is 5.73 Å². The summed E-state index contributed by atoms with van der Waals surface area (Å²) >= 11 is 16.1. The van der Waals surface area contributed by atoms with Crippen LogP contribution in [0.1, 0.15) is 11.5 Å². The summed E-state index contributed by atoms with van der Waals surface area (Å²) in [5.41, 5.74) is 2.85. The Bertz CT molecular complexity index is 499. The number of rotatable bonds is 1. The first-order valence-electron chi connectivity index (χ1n) is 4.58. The highest BCUT2D eigenvalue weighted by Gasteiger charge is 2.59. The number of hydrogen-bond acceptors (Lipinski definition) is 2. The molecule has 20 heavy (non-hydrogen) atoms. The molecular formula is C9H4Cl3F6NO. The van der Waals surface area contributed by atoms with E-state index in [1.54, 1.807) is 0 Å². The molecule has 0 aliphatic heterocycles. The van der Waals surface area contributed by atoms with E-state index >= 15 is 0 Å². The monoisotopic (exact) mass is 361 g/mol. The molecule has 1 aromatic carbocycles. The van der Waals surface area contributed by atoms with Crippen molar-refractivity contribution in [1.82, 2.24) is 0 Å². The summed E-state index contributed by atoms with van der Waals surface area (Å²) in [4.78, 5) is 0. The Kier molecular flexibility index (Phi) is 4.53. The third-order valence-corrected chi connectivity index (χ3v) is 3.57. The molecule has 0 aliphatic rings. The van der Waals surface area contributed by atoms with Crippen molar-refractivity contribution >= 4 is 40.5 Å². The maximum Gasteiger partial charge on any atom is 0.404 e. The van der Waals surface area contributed by atoms with Gasteiger partial charge in [0.25, 0.3) is 0 Å². The van der Waals surface area contributed by atoms with E-state index in [1.807, 2.05) is 0 Å². The van der Waals surface area contributed by atoms with Gasteiger partial charge < -0.3 is 10.8 Å². The molecule has 0 saturated carbocycles. The lowest BCUT2D eigenvalue weighted by atomic mass is 9.96. The van der Waals surface area contributed by atoms with Gasteiger partial charge in [-0.3, -0.25) is 0 Å². The molecule has 0 aromatic heterocycles. The van der Waals surface area contributed by atoms with Gasteiger partial charge in [-0.15, -0.1) is 0 Å². The number of hydrogen-bond donors (Lipinski definition) is 2. The quantitative estimate of drug-likeness (QED) is 0.314. The Morgan fingerprint density at radius 1 is 0.850 bits per heavy atom.